The lowest BCUT2D eigenvalue weighted by Crippen LogP contribution is -2.52. The van der Waals surface area contributed by atoms with Crippen molar-refractivity contribution in [2.75, 3.05) is 12.3 Å². The Labute approximate surface area is 149 Å². The van der Waals surface area contributed by atoms with Gasteiger partial charge in [-0.15, -0.1) is 11.8 Å². The molecule has 2 rings (SSSR count). The lowest BCUT2D eigenvalue weighted by Gasteiger charge is -2.36. The first kappa shape index (κ1) is 18.8. The fraction of sp³-hybridized carbons (Fsp3) is 0.579. The van der Waals surface area contributed by atoms with E-state index >= 15 is 0 Å². The van der Waals surface area contributed by atoms with Crippen molar-refractivity contribution >= 4 is 23.6 Å². The van der Waals surface area contributed by atoms with Crippen molar-refractivity contribution in [1.82, 2.24) is 10.2 Å². The van der Waals surface area contributed by atoms with Crippen molar-refractivity contribution in [3.05, 3.63) is 35.9 Å². The highest BCUT2D eigenvalue weighted by molar-refractivity contribution is 8.00. The maximum Gasteiger partial charge on any atom is 0.255 e. The van der Waals surface area contributed by atoms with E-state index < -0.39 is 6.04 Å². The zero-order valence-corrected chi connectivity index (χ0v) is 16.0. The van der Waals surface area contributed by atoms with Gasteiger partial charge in [-0.25, -0.2) is 0 Å². The lowest BCUT2D eigenvalue weighted by atomic mass is 9.94. The van der Waals surface area contributed by atoms with Gasteiger partial charge in [0, 0.05) is 17.9 Å². The number of hydrogen-bond acceptors (Lipinski definition) is 3. The predicted octanol–water partition coefficient (Wildman–Crippen LogP) is 3.39. The second kappa shape index (κ2) is 7.60. The highest BCUT2D eigenvalue weighted by Gasteiger charge is 2.46. The minimum atomic E-state index is -0.411. The Bertz CT molecular complexity index is 581. The van der Waals surface area contributed by atoms with Crippen molar-refractivity contribution in [3.63, 3.8) is 0 Å². The fourth-order valence-corrected chi connectivity index (χ4v) is 4.36. The summed E-state index contributed by atoms with van der Waals surface area (Å²) in [6.45, 7) is 11.1. The molecular formula is C19H28N2O2S. The molecule has 24 heavy (non-hydrogen) atoms. The van der Waals surface area contributed by atoms with Crippen molar-refractivity contribution in [3.8, 4) is 0 Å². The number of nitrogens with one attached hydrogen (secondary N) is 1. The van der Waals surface area contributed by atoms with Gasteiger partial charge in [-0.2, -0.15) is 0 Å². The van der Waals surface area contributed by atoms with Gasteiger partial charge in [0.25, 0.3) is 5.91 Å². The molecule has 1 aliphatic heterocycles. The second-order valence-corrected chi connectivity index (χ2v) is 8.90. The van der Waals surface area contributed by atoms with Gasteiger partial charge in [-0.1, -0.05) is 52.8 Å². The first-order valence-electron chi connectivity index (χ1n) is 8.49. The van der Waals surface area contributed by atoms with E-state index in [4.69, 9.17) is 0 Å². The summed E-state index contributed by atoms with van der Waals surface area (Å²) in [5, 5.41) is 2.97. The van der Waals surface area contributed by atoms with Crippen LogP contribution in [0.3, 0.4) is 0 Å². The summed E-state index contributed by atoms with van der Waals surface area (Å²) in [6.07, 6.45) is 0. The maximum atomic E-state index is 13.1. The molecule has 1 fully saturated rings. The van der Waals surface area contributed by atoms with Gasteiger partial charge in [-0.05, 0) is 23.5 Å². The largest absolute Gasteiger partial charge is 0.354 e. The lowest BCUT2D eigenvalue weighted by molar-refractivity contribution is -0.125. The Hall–Kier alpha value is -1.49. The van der Waals surface area contributed by atoms with E-state index in [-0.39, 0.29) is 22.6 Å². The highest BCUT2D eigenvalue weighted by atomic mass is 32.2. The number of carbonyl (C=O) groups excluding carboxylic acids is 2. The van der Waals surface area contributed by atoms with E-state index in [2.05, 4.69) is 39.9 Å². The predicted molar refractivity (Wildman–Crippen MR) is 99.9 cm³/mol. The van der Waals surface area contributed by atoms with Gasteiger partial charge in [0.15, 0.2) is 0 Å². The highest BCUT2D eigenvalue weighted by Crippen LogP contribution is 2.41. The van der Waals surface area contributed by atoms with Crippen LogP contribution in [0.15, 0.2) is 30.3 Å². The SMILES string of the molecule is CC(C)CNC(=O)C1CSC(C(C)(C)C)N1C(=O)c1ccccc1. The summed E-state index contributed by atoms with van der Waals surface area (Å²) in [6, 6.07) is 8.82. The van der Waals surface area contributed by atoms with E-state index in [0.29, 0.717) is 23.8 Å². The minimum absolute atomic E-state index is 0.0139. The molecule has 4 nitrogen and oxygen atoms in total. The van der Waals surface area contributed by atoms with Crippen LogP contribution >= 0.6 is 11.8 Å². The summed E-state index contributed by atoms with van der Waals surface area (Å²) >= 11 is 1.70. The molecule has 1 N–H and O–H groups in total. The number of thioether (sulfide) groups is 1. The van der Waals surface area contributed by atoms with Crippen LogP contribution in [0.4, 0.5) is 0 Å². The maximum absolute atomic E-state index is 13.1. The Morgan fingerprint density at radius 2 is 1.88 bits per heavy atom. The molecular weight excluding hydrogens is 320 g/mol. The van der Waals surface area contributed by atoms with Crippen molar-refractivity contribution in [1.29, 1.82) is 0 Å². The molecule has 132 valence electrons. The van der Waals surface area contributed by atoms with E-state index in [0.717, 1.165) is 0 Å². The number of nitrogens with zero attached hydrogens (tertiary/aromatic N) is 1. The topological polar surface area (TPSA) is 49.4 Å². The third kappa shape index (κ3) is 4.32. The Morgan fingerprint density at radius 1 is 1.25 bits per heavy atom. The summed E-state index contributed by atoms with van der Waals surface area (Å²) in [7, 11) is 0. The van der Waals surface area contributed by atoms with E-state index in [1.165, 1.54) is 0 Å². The standard InChI is InChI=1S/C19H28N2O2S/c1-13(2)11-20-16(22)15-12-24-18(19(3,4)5)21(15)17(23)14-9-7-6-8-10-14/h6-10,13,15,18H,11-12H2,1-5H3,(H,20,22). The molecule has 2 unspecified atom stereocenters. The average molecular weight is 349 g/mol. The first-order valence-corrected chi connectivity index (χ1v) is 9.53. The van der Waals surface area contributed by atoms with Crippen LogP contribution in [0.2, 0.25) is 0 Å². The van der Waals surface area contributed by atoms with Crippen molar-refractivity contribution < 1.29 is 9.59 Å². The van der Waals surface area contributed by atoms with Crippen LogP contribution in [0.5, 0.6) is 0 Å². The molecule has 2 atom stereocenters. The molecule has 1 aromatic rings. The third-order valence-corrected chi connectivity index (χ3v) is 5.74. The summed E-state index contributed by atoms with van der Waals surface area (Å²) in [5.41, 5.74) is 0.540. The van der Waals surface area contributed by atoms with Gasteiger partial charge in [-0.3, -0.25) is 9.59 Å². The molecule has 0 saturated carbocycles. The van der Waals surface area contributed by atoms with Crippen molar-refractivity contribution in [2.24, 2.45) is 11.3 Å². The first-order chi connectivity index (χ1) is 11.2. The fourth-order valence-electron chi connectivity index (χ4n) is 2.78. The molecule has 0 aromatic heterocycles. The molecule has 0 aliphatic carbocycles. The average Bonchev–Trinajstić information content (AvgIpc) is 2.98. The van der Waals surface area contributed by atoms with Crippen LogP contribution in [0.1, 0.15) is 45.0 Å². The number of carbonyl (C=O) groups is 2. The van der Waals surface area contributed by atoms with E-state index in [1.54, 1.807) is 16.7 Å². The Morgan fingerprint density at radius 3 is 2.42 bits per heavy atom. The minimum Gasteiger partial charge on any atom is -0.354 e. The summed E-state index contributed by atoms with van der Waals surface area (Å²) < 4.78 is 0. The van der Waals surface area contributed by atoms with Crippen LogP contribution < -0.4 is 5.32 Å². The summed E-state index contributed by atoms with van der Waals surface area (Å²) in [5.74, 6) is 0.918. The van der Waals surface area contributed by atoms with Crippen LogP contribution in [-0.2, 0) is 4.79 Å². The normalized spacial score (nSPS) is 21.2. The number of rotatable bonds is 4. The quantitative estimate of drug-likeness (QED) is 0.907. The molecule has 1 saturated heterocycles. The molecule has 2 amide bonds. The van der Waals surface area contributed by atoms with E-state index in [1.807, 2.05) is 30.3 Å². The van der Waals surface area contributed by atoms with Crippen LogP contribution in [0, 0.1) is 11.3 Å². The summed E-state index contributed by atoms with van der Waals surface area (Å²) in [4.78, 5) is 27.5. The Kier molecular flexibility index (Phi) is 5.97. The number of amides is 2. The van der Waals surface area contributed by atoms with Gasteiger partial charge in [0.1, 0.15) is 6.04 Å². The molecule has 5 heteroatoms. The molecule has 0 bridgehead atoms. The van der Waals surface area contributed by atoms with Crippen LogP contribution in [-0.4, -0.2) is 40.4 Å². The van der Waals surface area contributed by atoms with Crippen LogP contribution in [0.25, 0.3) is 0 Å². The van der Waals surface area contributed by atoms with E-state index in [9.17, 15) is 9.59 Å². The smallest absolute Gasteiger partial charge is 0.255 e. The Balaban J connectivity index is 2.27. The molecule has 0 spiro atoms. The molecule has 1 heterocycles. The van der Waals surface area contributed by atoms with Gasteiger partial charge < -0.3 is 10.2 Å². The zero-order chi connectivity index (χ0) is 17.9. The second-order valence-electron chi connectivity index (χ2n) is 7.78. The van der Waals surface area contributed by atoms with Gasteiger partial charge in [0.05, 0.1) is 5.37 Å². The monoisotopic (exact) mass is 348 g/mol. The van der Waals surface area contributed by atoms with Gasteiger partial charge >= 0.3 is 0 Å². The van der Waals surface area contributed by atoms with Gasteiger partial charge in [0.2, 0.25) is 5.91 Å². The van der Waals surface area contributed by atoms with Crippen molar-refractivity contribution in [2.45, 2.75) is 46.0 Å². The number of hydrogen-bond donors (Lipinski definition) is 1. The zero-order valence-electron chi connectivity index (χ0n) is 15.2. The molecule has 1 aromatic carbocycles. The molecule has 1 aliphatic rings. The molecule has 0 radical (unpaired) electrons. The number of benzene rings is 1. The third-order valence-electron chi connectivity index (χ3n) is 3.98.